The summed E-state index contributed by atoms with van der Waals surface area (Å²) in [6.07, 6.45) is 1.79. The molecule has 0 bridgehead atoms. The van der Waals surface area contributed by atoms with Crippen LogP contribution in [0.5, 0.6) is 0 Å². The molecule has 0 saturated carbocycles. The van der Waals surface area contributed by atoms with Crippen LogP contribution in [0.25, 0.3) is 11.0 Å². The molecule has 0 radical (unpaired) electrons. The Labute approximate surface area is 124 Å². The Hall–Kier alpha value is -1.52. The number of fused-ring (bicyclic) bond motifs is 1. The van der Waals surface area contributed by atoms with E-state index in [0.717, 1.165) is 36.9 Å². The molecule has 0 unspecified atom stereocenters. The number of ether oxygens (including phenoxy) is 1. The van der Waals surface area contributed by atoms with E-state index < -0.39 is 0 Å². The highest BCUT2D eigenvalue weighted by Gasteiger charge is 2.22. The van der Waals surface area contributed by atoms with E-state index in [0.29, 0.717) is 5.76 Å². The molecule has 20 heavy (non-hydrogen) atoms. The van der Waals surface area contributed by atoms with E-state index in [1.807, 2.05) is 24.3 Å². The Bertz CT molecular complexity index is 555. The zero-order valence-corrected chi connectivity index (χ0v) is 12.2. The third-order valence-corrected chi connectivity index (χ3v) is 3.57. The summed E-state index contributed by atoms with van der Waals surface area (Å²) in [7, 11) is 2.08. The first-order valence-electron chi connectivity index (χ1n) is 6.60. The van der Waals surface area contributed by atoms with Gasteiger partial charge in [-0.05, 0) is 32.0 Å². The van der Waals surface area contributed by atoms with Crippen LogP contribution >= 0.6 is 12.4 Å². The van der Waals surface area contributed by atoms with Crippen molar-refractivity contribution in [2.24, 2.45) is 0 Å². The number of hydrogen-bond donors (Lipinski definition) is 0. The second kappa shape index (κ2) is 6.29. The lowest BCUT2D eigenvalue weighted by Crippen LogP contribution is -2.35. The quantitative estimate of drug-likeness (QED) is 0.799. The summed E-state index contributed by atoms with van der Waals surface area (Å²) in [6, 6.07) is 9.32. The first kappa shape index (κ1) is 14.9. The number of esters is 1. The molecular formula is C15H18ClNO3. The number of hydrogen-bond acceptors (Lipinski definition) is 4. The molecule has 5 heteroatoms. The van der Waals surface area contributed by atoms with Crippen molar-refractivity contribution >= 4 is 29.3 Å². The maximum Gasteiger partial charge on any atom is 0.374 e. The van der Waals surface area contributed by atoms with E-state index >= 15 is 0 Å². The van der Waals surface area contributed by atoms with Gasteiger partial charge < -0.3 is 14.1 Å². The van der Waals surface area contributed by atoms with Gasteiger partial charge in [0, 0.05) is 18.5 Å². The lowest BCUT2D eigenvalue weighted by molar-refractivity contribution is 0.0110. The van der Waals surface area contributed by atoms with Crippen molar-refractivity contribution in [2.75, 3.05) is 20.1 Å². The summed E-state index contributed by atoms with van der Waals surface area (Å²) >= 11 is 0. The number of halogens is 1. The molecule has 2 heterocycles. The van der Waals surface area contributed by atoms with Gasteiger partial charge in [-0.15, -0.1) is 12.4 Å². The molecule has 1 fully saturated rings. The maximum atomic E-state index is 12.0. The van der Waals surface area contributed by atoms with Crippen LogP contribution in [0.15, 0.2) is 34.7 Å². The van der Waals surface area contributed by atoms with E-state index in [1.165, 1.54) is 0 Å². The summed E-state index contributed by atoms with van der Waals surface area (Å²) < 4.78 is 11.0. The van der Waals surface area contributed by atoms with Gasteiger partial charge in [0.25, 0.3) is 0 Å². The molecule has 0 amide bonds. The molecule has 0 aliphatic carbocycles. The number of benzene rings is 1. The molecule has 1 aromatic heterocycles. The summed E-state index contributed by atoms with van der Waals surface area (Å²) in [6.45, 7) is 1.94. The van der Waals surface area contributed by atoms with E-state index in [4.69, 9.17) is 9.15 Å². The average molecular weight is 296 g/mol. The minimum absolute atomic E-state index is 0. The fourth-order valence-electron chi connectivity index (χ4n) is 2.39. The van der Waals surface area contributed by atoms with Crippen molar-refractivity contribution in [3.63, 3.8) is 0 Å². The Morgan fingerprint density at radius 3 is 2.70 bits per heavy atom. The predicted octanol–water partition coefficient (Wildman–Crippen LogP) is 3.11. The van der Waals surface area contributed by atoms with Gasteiger partial charge in [0.2, 0.25) is 5.76 Å². The number of nitrogens with zero attached hydrogens (tertiary/aromatic N) is 1. The van der Waals surface area contributed by atoms with Crippen LogP contribution in [0, 0.1) is 0 Å². The molecule has 0 atom stereocenters. The number of carbonyl (C=O) groups excluding carboxylic acids is 1. The van der Waals surface area contributed by atoms with Crippen molar-refractivity contribution < 1.29 is 13.9 Å². The van der Waals surface area contributed by atoms with Gasteiger partial charge in [0.15, 0.2) is 0 Å². The van der Waals surface area contributed by atoms with Gasteiger partial charge in [0.05, 0.1) is 0 Å². The molecule has 4 nitrogen and oxygen atoms in total. The van der Waals surface area contributed by atoms with Crippen molar-refractivity contribution in [2.45, 2.75) is 18.9 Å². The third-order valence-electron chi connectivity index (χ3n) is 3.57. The monoisotopic (exact) mass is 295 g/mol. The average Bonchev–Trinajstić information content (AvgIpc) is 2.85. The van der Waals surface area contributed by atoms with Gasteiger partial charge in [0.1, 0.15) is 11.7 Å². The highest BCUT2D eigenvalue weighted by atomic mass is 35.5. The van der Waals surface area contributed by atoms with Crippen molar-refractivity contribution in [1.29, 1.82) is 0 Å². The number of likely N-dealkylation sites (tertiary alicyclic amines) is 1. The highest BCUT2D eigenvalue weighted by molar-refractivity contribution is 5.92. The Morgan fingerprint density at radius 1 is 1.30 bits per heavy atom. The van der Waals surface area contributed by atoms with E-state index in [-0.39, 0.29) is 24.5 Å². The SMILES string of the molecule is CN1CCC(OC(=O)c2cc3ccccc3o2)CC1.Cl. The van der Waals surface area contributed by atoms with Crippen molar-refractivity contribution in [1.82, 2.24) is 4.90 Å². The number of rotatable bonds is 2. The van der Waals surface area contributed by atoms with Gasteiger partial charge in [-0.25, -0.2) is 4.79 Å². The van der Waals surface area contributed by atoms with Crippen LogP contribution in [0.4, 0.5) is 0 Å². The Morgan fingerprint density at radius 2 is 2.00 bits per heavy atom. The van der Waals surface area contributed by atoms with E-state index in [9.17, 15) is 4.79 Å². The molecule has 3 rings (SSSR count). The van der Waals surface area contributed by atoms with Crippen LogP contribution in [-0.2, 0) is 4.74 Å². The number of carbonyl (C=O) groups is 1. The fourth-order valence-corrected chi connectivity index (χ4v) is 2.39. The molecular weight excluding hydrogens is 278 g/mol. The Balaban J connectivity index is 0.00000147. The smallest absolute Gasteiger partial charge is 0.374 e. The molecule has 1 aromatic carbocycles. The Kier molecular flexibility index (Phi) is 4.68. The van der Waals surface area contributed by atoms with Gasteiger partial charge in [-0.1, -0.05) is 18.2 Å². The number of piperidine rings is 1. The summed E-state index contributed by atoms with van der Waals surface area (Å²) in [5.41, 5.74) is 0.720. The molecule has 0 N–H and O–H groups in total. The second-order valence-electron chi connectivity index (χ2n) is 5.06. The van der Waals surface area contributed by atoms with E-state index in [2.05, 4.69) is 11.9 Å². The lowest BCUT2D eigenvalue weighted by Gasteiger charge is -2.28. The van der Waals surface area contributed by atoms with Gasteiger partial charge >= 0.3 is 5.97 Å². The van der Waals surface area contributed by atoms with Crippen LogP contribution in [0.1, 0.15) is 23.4 Å². The topological polar surface area (TPSA) is 42.7 Å². The third kappa shape index (κ3) is 3.14. The highest BCUT2D eigenvalue weighted by Crippen LogP contribution is 2.21. The standard InChI is InChI=1S/C15H17NO3.ClH/c1-16-8-6-12(7-9-16)18-15(17)14-10-11-4-2-3-5-13(11)19-14;/h2-5,10,12H,6-9H2,1H3;1H. The molecule has 2 aromatic rings. The second-order valence-corrected chi connectivity index (χ2v) is 5.06. The lowest BCUT2D eigenvalue weighted by atomic mass is 10.1. The minimum Gasteiger partial charge on any atom is -0.456 e. The zero-order valence-electron chi connectivity index (χ0n) is 11.4. The predicted molar refractivity (Wildman–Crippen MR) is 79.4 cm³/mol. The van der Waals surface area contributed by atoms with Crippen LogP contribution < -0.4 is 0 Å². The van der Waals surface area contributed by atoms with Crippen LogP contribution in [0.3, 0.4) is 0 Å². The van der Waals surface area contributed by atoms with E-state index in [1.54, 1.807) is 6.07 Å². The molecule has 1 aliphatic rings. The van der Waals surface area contributed by atoms with Gasteiger partial charge in [-0.2, -0.15) is 0 Å². The summed E-state index contributed by atoms with van der Waals surface area (Å²) in [5, 5.41) is 0.929. The first-order chi connectivity index (χ1) is 9.22. The minimum atomic E-state index is -0.356. The zero-order chi connectivity index (χ0) is 13.2. The normalized spacial score (nSPS) is 16.9. The molecule has 1 aliphatic heterocycles. The molecule has 0 spiro atoms. The van der Waals surface area contributed by atoms with Crippen molar-refractivity contribution in [3.8, 4) is 0 Å². The van der Waals surface area contributed by atoms with Gasteiger partial charge in [-0.3, -0.25) is 0 Å². The fraction of sp³-hybridized carbons (Fsp3) is 0.400. The molecule has 1 saturated heterocycles. The summed E-state index contributed by atoms with van der Waals surface area (Å²) in [4.78, 5) is 14.3. The van der Waals surface area contributed by atoms with Crippen molar-refractivity contribution in [3.05, 3.63) is 36.1 Å². The van der Waals surface area contributed by atoms with Crippen LogP contribution in [-0.4, -0.2) is 37.1 Å². The largest absolute Gasteiger partial charge is 0.456 e. The number of para-hydroxylation sites is 1. The van der Waals surface area contributed by atoms with Crippen LogP contribution in [0.2, 0.25) is 0 Å². The molecule has 108 valence electrons. The maximum absolute atomic E-state index is 12.0. The number of furan rings is 1. The summed E-state index contributed by atoms with van der Waals surface area (Å²) in [5.74, 6) is -0.0640. The first-order valence-corrected chi connectivity index (χ1v) is 6.60.